The molecule has 9 heteroatoms. The van der Waals surface area contributed by atoms with Gasteiger partial charge in [0.25, 0.3) is 0 Å². The molecule has 0 bridgehead atoms. The molecule has 0 unspecified atom stereocenters. The molecule has 7 nitrogen and oxygen atoms in total. The molecule has 1 aromatic carbocycles. The number of halogens is 2. The van der Waals surface area contributed by atoms with Gasteiger partial charge in [0.15, 0.2) is 0 Å². The van der Waals surface area contributed by atoms with Gasteiger partial charge in [-0.3, -0.25) is 4.79 Å². The van der Waals surface area contributed by atoms with E-state index >= 15 is 0 Å². The number of methoxy groups -OCH3 is 1. The number of carboxylic acid groups (broad SMARTS) is 1. The Balaban J connectivity index is 1.19. The highest BCUT2D eigenvalue weighted by Gasteiger charge is 2.43. The summed E-state index contributed by atoms with van der Waals surface area (Å²) >= 11 is 0. The zero-order valence-electron chi connectivity index (χ0n) is 18.7. The Morgan fingerprint density at radius 1 is 1.18 bits per heavy atom. The van der Waals surface area contributed by atoms with E-state index in [4.69, 9.17) is 14.6 Å². The third-order valence-corrected chi connectivity index (χ3v) is 6.61. The van der Waals surface area contributed by atoms with Crippen LogP contribution in [0, 0.1) is 29.4 Å². The predicted molar refractivity (Wildman–Crippen MR) is 117 cm³/mol. The largest absolute Gasteiger partial charge is 0.493 e. The molecule has 2 fully saturated rings. The number of hydrogen-bond donors (Lipinski definition) is 1. The normalized spacial score (nSPS) is 20.6. The van der Waals surface area contributed by atoms with Gasteiger partial charge in [-0.1, -0.05) is 0 Å². The van der Waals surface area contributed by atoms with Gasteiger partial charge >= 0.3 is 5.97 Å². The molecule has 1 aromatic heterocycles. The number of benzene rings is 1. The van der Waals surface area contributed by atoms with E-state index < -0.39 is 29.6 Å². The fraction of sp³-hybridized carbons (Fsp3) is 0.542. The molecule has 33 heavy (non-hydrogen) atoms. The Hall–Kier alpha value is -2.81. The Morgan fingerprint density at radius 2 is 1.85 bits per heavy atom. The van der Waals surface area contributed by atoms with Crippen molar-refractivity contribution in [3.8, 4) is 5.75 Å². The van der Waals surface area contributed by atoms with E-state index in [-0.39, 0.29) is 5.75 Å². The highest BCUT2D eigenvalue weighted by molar-refractivity contribution is 5.70. The molecular formula is C24H29F2N3O4. The number of aliphatic carboxylic acids is 1. The van der Waals surface area contributed by atoms with Crippen LogP contribution in [0.15, 0.2) is 24.5 Å². The van der Waals surface area contributed by atoms with Gasteiger partial charge in [-0.25, -0.2) is 18.7 Å². The Labute approximate surface area is 191 Å². The van der Waals surface area contributed by atoms with Crippen LogP contribution < -0.4 is 9.64 Å². The van der Waals surface area contributed by atoms with Gasteiger partial charge in [0.2, 0.25) is 5.95 Å². The predicted octanol–water partition coefficient (Wildman–Crippen LogP) is 3.85. The molecule has 4 rings (SSSR count). The first kappa shape index (κ1) is 23.4. The summed E-state index contributed by atoms with van der Waals surface area (Å²) in [5.41, 5.74) is 0.514. The van der Waals surface area contributed by atoms with Crippen molar-refractivity contribution in [3.05, 3.63) is 47.3 Å². The number of carbonyl (C=O) groups is 1. The molecule has 0 spiro atoms. The third kappa shape index (κ3) is 5.96. The van der Waals surface area contributed by atoms with E-state index in [1.807, 2.05) is 12.4 Å². The summed E-state index contributed by atoms with van der Waals surface area (Å²) in [5.74, 6) is -0.270. The second-order valence-electron chi connectivity index (χ2n) is 8.88. The van der Waals surface area contributed by atoms with Crippen LogP contribution in [0.5, 0.6) is 5.75 Å². The van der Waals surface area contributed by atoms with Crippen molar-refractivity contribution >= 4 is 11.9 Å². The fourth-order valence-corrected chi connectivity index (χ4v) is 4.77. The summed E-state index contributed by atoms with van der Waals surface area (Å²) < 4.78 is 38.6. The van der Waals surface area contributed by atoms with Crippen LogP contribution >= 0.6 is 0 Å². The molecule has 1 aliphatic carbocycles. The first-order chi connectivity index (χ1) is 15.9. The van der Waals surface area contributed by atoms with E-state index in [0.717, 1.165) is 62.4 Å². The van der Waals surface area contributed by atoms with Crippen LogP contribution in [0.3, 0.4) is 0 Å². The molecular weight excluding hydrogens is 432 g/mol. The van der Waals surface area contributed by atoms with Crippen LogP contribution in [0.2, 0.25) is 0 Å². The Bertz CT molecular complexity index is 942. The lowest BCUT2D eigenvalue weighted by molar-refractivity contribution is -0.136. The molecule has 1 aliphatic heterocycles. The average molecular weight is 462 g/mol. The van der Waals surface area contributed by atoms with Crippen molar-refractivity contribution in [3.63, 3.8) is 0 Å². The molecule has 2 heterocycles. The number of hydrogen-bond acceptors (Lipinski definition) is 6. The lowest BCUT2D eigenvalue weighted by Gasteiger charge is -2.32. The smallest absolute Gasteiger partial charge is 0.308 e. The van der Waals surface area contributed by atoms with E-state index in [1.54, 1.807) is 7.11 Å². The summed E-state index contributed by atoms with van der Waals surface area (Å²) in [6, 6.07) is 2.12. The van der Waals surface area contributed by atoms with Crippen molar-refractivity contribution in [2.45, 2.75) is 38.7 Å². The average Bonchev–Trinajstić information content (AvgIpc) is 3.57. The zero-order valence-corrected chi connectivity index (χ0v) is 18.7. The van der Waals surface area contributed by atoms with E-state index in [0.29, 0.717) is 31.0 Å². The molecule has 1 saturated heterocycles. The summed E-state index contributed by atoms with van der Waals surface area (Å²) in [5, 5.41) is 8.75. The van der Waals surface area contributed by atoms with Crippen molar-refractivity contribution in [2.24, 2.45) is 17.8 Å². The number of ether oxygens (including phenoxy) is 2. The third-order valence-electron chi connectivity index (χ3n) is 6.61. The van der Waals surface area contributed by atoms with Gasteiger partial charge in [0.1, 0.15) is 17.4 Å². The first-order valence-electron chi connectivity index (χ1n) is 11.3. The van der Waals surface area contributed by atoms with E-state index in [9.17, 15) is 13.6 Å². The molecule has 178 valence electrons. The maximum Gasteiger partial charge on any atom is 0.308 e. The molecule has 1 saturated carbocycles. The van der Waals surface area contributed by atoms with Crippen LogP contribution in [-0.2, 0) is 22.6 Å². The maximum atomic E-state index is 14.0. The number of carboxylic acids is 1. The van der Waals surface area contributed by atoms with Gasteiger partial charge < -0.3 is 19.5 Å². The number of anilines is 1. The zero-order chi connectivity index (χ0) is 23.4. The maximum absolute atomic E-state index is 14.0. The summed E-state index contributed by atoms with van der Waals surface area (Å²) in [6.45, 7) is 2.78. The van der Waals surface area contributed by atoms with Gasteiger partial charge in [0, 0.05) is 55.9 Å². The highest BCUT2D eigenvalue weighted by atomic mass is 19.1. The summed E-state index contributed by atoms with van der Waals surface area (Å²) in [7, 11) is 1.65. The number of nitrogens with zero attached hydrogens (tertiary/aromatic N) is 3. The van der Waals surface area contributed by atoms with Crippen molar-refractivity contribution in [2.75, 3.05) is 31.7 Å². The van der Waals surface area contributed by atoms with Crippen LogP contribution in [0.4, 0.5) is 14.7 Å². The quantitative estimate of drug-likeness (QED) is 0.575. The van der Waals surface area contributed by atoms with Crippen molar-refractivity contribution < 1.29 is 28.2 Å². The van der Waals surface area contributed by atoms with Crippen LogP contribution in [-0.4, -0.2) is 47.8 Å². The molecule has 0 amide bonds. The van der Waals surface area contributed by atoms with E-state index in [2.05, 4.69) is 14.9 Å². The van der Waals surface area contributed by atoms with Gasteiger partial charge in [-0.2, -0.15) is 0 Å². The molecule has 2 atom stereocenters. The minimum absolute atomic E-state index is 0.0983. The minimum Gasteiger partial charge on any atom is -0.493 e. The molecule has 2 aromatic rings. The fourth-order valence-electron chi connectivity index (χ4n) is 4.77. The number of rotatable bonds is 10. The monoisotopic (exact) mass is 461 g/mol. The Kier molecular flexibility index (Phi) is 7.37. The molecule has 2 aliphatic rings. The lowest BCUT2D eigenvalue weighted by atomic mass is 9.90. The molecule has 0 radical (unpaired) electrons. The number of aromatic nitrogens is 2. The van der Waals surface area contributed by atoms with Crippen LogP contribution in [0.1, 0.15) is 36.8 Å². The second kappa shape index (κ2) is 10.4. The van der Waals surface area contributed by atoms with E-state index in [1.165, 1.54) is 0 Å². The molecule has 1 N–H and O–H groups in total. The lowest BCUT2D eigenvalue weighted by Crippen LogP contribution is -2.35. The van der Waals surface area contributed by atoms with Gasteiger partial charge in [0.05, 0.1) is 19.6 Å². The summed E-state index contributed by atoms with van der Waals surface area (Å²) in [6.07, 6.45) is 7.15. The minimum atomic E-state index is -1.28. The van der Waals surface area contributed by atoms with Gasteiger partial charge in [-0.05, 0) is 43.4 Å². The standard InChI is InChI=1S/C24H29F2N3O4/c1-32-14-15-12-27-24(28-13-15)29-5-2-16(3-6-29)19-8-17(19)4-7-33-18-9-21(25)20(11-23(30)31)22(26)10-18/h9-10,12-13,16-17,19H,2-8,11,14H2,1H3,(H,30,31)/t17-,19-/m1/s1. The van der Waals surface area contributed by atoms with Crippen molar-refractivity contribution in [1.82, 2.24) is 9.97 Å². The van der Waals surface area contributed by atoms with Crippen molar-refractivity contribution in [1.29, 1.82) is 0 Å². The highest BCUT2D eigenvalue weighted by Crippen LogP contribution is 2.49. The van der Waals surface area contributed by atoms with Crippen LogP contribution in [0.25, 0.3) is 0 Å². The topological polar surface area (TPSA) is 84.8 Å². The second-order valence-corrected chi connectivity index (χ2v) is 8.88. The number of piperidine rings is 1. The van der Waals surface area contributed by atoms with Gasteiger partial charge in [-0.15, -0.1) is 0 Å². The summed E-state index contributed by atoms with van der Waals surface area (Å²) in [4.78, 5) is 21.9. The SMILES string of the molecule is COCc1cnc(N2CCC([C@H]3C[C@H]3CCOc3cc(F)c(CC(=O)O)c(F)c3)CC2)nc1. The Morgan fingerprint density at radius 3 is 2.45 bits per heavy atom. The first-order valence-corrected chi connectivity index (χ1v) is 11.3.